The first kappa shape index (κ1) is 15.2. The highest BCUT2D eigenvalue weighted by Gasteiger charge is 2.36. The minimum absolute atomic E-state index is 0.0751. The number of nitrogen functional groups attached to an aromatic ring is 1. The molecule has 20 heavy (non-hydrogen) atoms. The van der Waals surface area contributed by atoms with Gasteiger partial charge in [0.05, 0.1) is 0 Å². The third-order valence-corrected chi connectivity index (χ3v) is 5.53. The van der Waals surface area contributed by atoms with Gasteiger partial charge in [0.1, 0.15) is 10.7 Å². The van der Waals surface area contributed by atoms with Crippen LogP contribution in [0, 0.1) is 0 Å². The van der Waals surface area contributed by atoms with Crippen LogP contribution in [-0.4, -0.2) is 44.5 Å². The molecule has 0 aromatic carbocycles. The summed E-state index contributed by atoms with van der Waals surface area (Å²) in [6.07, 6.45) is 5.60. The molecule has 1 aromatic heterocycles. The van der Waals surface area contributed by atoms with E-state index in [0.717, 1.165) is 25.7 Å². The molecule has 6 nitrogen and oxygen atoms in total. The number of nitrogens with zero attached hydrogens (tertiary/aromatic N) is 2. The molecular formula is C13H22N4O2S. The van der Waals surface area contributed by atoms with Crippen molar-refractivity contribution in [2.75, 3.05) is 26.4 Å². The smallest absolute Gasteiger partial charge is 0.242 e. The van der Waals surface area contributed by atoms with E-state index in [1.807, 2.05) is 14.1 Å². The van der Waals surface area contributed by atoms with Gasteiger partial charge in [0.25, 0.3) is 0 Å². The monoisotopic (exact) mass is 298 g/mol. The fraction of sp³-hybridized carbons (Fsp3) is 0.615. The topological polar surface area (TPSA) is 88.3 Å². The Morgan fingerprint density at radius 1 is 1.35 bits per heavy atom. The van der Waals surface area contributed by atoms with Gasteiger partial charge in [0.2, 0.25) is 10.0 Å². The molecule has 0 bridgehead atoms. The number of nitrogens with two attached hydrogens (primary N) is 1. The standard InChI is InChI=1S/C13H22N4O2S/c1-17(2)13(7-3-4-8-13)10-16-20(18,19)11-5-6-12(14)15-9-11/h5-6,9,16H,3-4,7-8,10H2,1-2H3,(H2,14,15). The molecule has 1 aromatic rings. The highest BCUT2D eigenvalue weighted by Crippen LogP contribution is 2.33. The molecule has 1 aliphatic carbocycles. The second kappa shape index (κ2) is 5.67. The Balaban J connectivity index is 2.11. The lowest BCUT2D eigenvalue weighted by Gasteiger charge is -2.36. The van der Waals surface area contributed by atoms with Crippen molar-refractivity contribution in [2.45, 2.75) is 36.1 Å². The molecule has 1 saturated carbocycles. The van der Waals surface area contributed by atoms with Crippen LogP contribution in [-0.2, 0) is 10.0 Å². The first-order valence-corrected chi connectivity index (χ1v) is 8.23. The van der Waals surface area contributed by atoms with Crippen LogP contribution < -0.4 is 10.5 Å². The van der Waals surface area contributed by atoms with E-state index in [1.165, 1.54) is 18.3 Å². The Labute approximate surface area is 120 Å². The van der Waals surface area contributed by atoms with Crippen LogP contribution in [0.1, 0.15) is 25.7 Å². The van der Waals surface area contributed by atoms with Crippen LogP contribution >= 0.6 is 0 Å². The number of rotatable bonds is 5. The maximum Gasteiger partial charge on any atom is 0.242 e. The van der Waals surface area contributed by atoms with Crippen molar-refractivity contribution >= 4 is 15.8 Å². The van der Waals surface area contributed by atoms with Gasteiger partial charge in [-0.15, -0.1) is 0 Å². The van der Waals surface area contributed by atoms with E-state index in [0.29, 0.717) is 12.4 Å². The molecule has 1 fully saturated rings. The van der Waals surface area contributed by atoms with Crippen molar-refractivity contribution in [1.29, 1.82) is 0 Å². The summed E-state index contributed by atoms with van der Waals surface area (Å²) >= 11 is 0. The van der Waals surface area contributed by atoms with Gasteiger partial charge in [0.15, 0.2) is 0 Å². The third-order valence-electron chi connectivity index (χ3n) is 4.14. The molecule has 0 atom stereocenters. The Kier molecular flexibility index (Phi) is 4.31. The minimum Gasteiger partial charge on any atom is -0.384 e. The zero-order valence-electron chi connectivity index (χ0n) is 12.0. The van der Waals surface area contributed by atoms with E-state index < -0.39 is 10.0 Å². The number of sulfonamides is 1. The lowest BCUT2D eigenvalue weighted by Crippen LogP contribution is -2.50. The van der Waals surface area contributed by atoms with Gasteiger partial charge in [-0.25, -0.2) is 18.1 Å². The van der Waals surface area contributed by atoms with Crippen molar-refractivity contribution in [3.63, 3.8) is 0 Å². The molecule has 0 aliphatic heterocycles. The molecule has 0 spiro atoms. The normalized spacial score (nSPS) is 18.6. The second-order valence-electron chi connectivity index (χ2n) is 5.57. The summed E-state index contributed by atoms with van der Waals surface area (Å²) in [6, 6.07) is 2.97. The lowest BCUT2D eigenvalue weighted by molar-refractivity contribution is 0.162. The largest absolute Gasteiger partial charge is 0.384 e. The van der Waals surface area contributed by atoms with Crippen LogP contribution in [0.3, 0.4) is 0 Å². The van der Waals surface area contributed by atoms with E-state index in [4.69, 9.17) is 5.73 Å². The first-order valence-electron chi connectivity index (χ1n) is 6.74. The number of nitrogens with one attached hydrogen (secondary N) is 1. The third kappa shape index (κ3) is 3.11. The van der Waals surface area contributed by atoms with E-state index in [9.17, 15) is 8.42 Å². The maximum atomic E-state index is 12.3. The molecule has 112 valence electrons. The molecule has 7 heteroatoms. The van der Waals surface area contributed by atoms with Crippen LogP contribution in [0.2, 0.25) is 0 Å². The van der Waals surface area contributed by atoms with Crippen molar-refractivity contribution in [1.82, 2.24) is 14.6 Å². The van der Waals surface area contributed by atoms with E-state index in [2.05, 4.69) is 14.6 Å². The number of likely N-dealkylation sites (N-methyl/N-ethyl adjacent to an activating group) is 1. The summed E-state index contributed by atoms with van der Waals surface area (Å²) in [5.74, 6) is 0.310. The maximum absolute atomic E-state index is 12.3. The summed E-state index contributed by atoms with van der Waals surface area (Å²) in [5.41, 5.74) is 5.40. The summed E-state index contributed by atoms with van der Waals surface area (Å²) in [6.45, 7) is 0.423. The zero-order valence-corrected chi connectivity index (χ0v) is 12.8. The highest BCUT2D eigenvalue weighted by atomic mass is 32.2. The van der Waals surface area contributed by atoms with Crippen molar-refractivity contribution in [2.24, 2.45) is 0 Å². The van der Waals surface area contributed by atoms with E-state index >= 15 is 0 Å². The average Bonchev–Trinajstić information content (AvgIpc) is 2.87. The molecular weight excluding hydrogens is 276 g/mol. The van der Waals surface area contributed by atoms with E-state index in [1.54, 1.807) is 0 Å². The number of anilines is 1. The van der Waals surface area contributed by atoms with Crippen molar-refractivity contribution in [3.8, 4) is 0 Å². The molecule has 0 saturated heterocycles. The number of aromatic nitrogens is 1. The van der Waals surface area contributed by atoms with Crippen LogP contribution in [0.15, 0.2) is 23.2 Å². The molecule has 1 aliphatic rings. The lowest BCUT2D eigenvalue weighted by atomic mass is 9.97. The van der Waals surface area contributed by atoms with Crippen LogP contribution in [0.25, 0.3) is 0 Å². The predicted molar refractivity (Wildman–Crippen MR) is 78.7 cm³/mol. The Morgan fingerprint density at radius 3 is 2.50 bits per heavy atom. The van der Waals surface area contributed by atoms with Gasteiger partial charge in [0, 0.05) is 18.3 Å². The molecule has 0 radical (unpaired) electrons. The summed E-state index contributed by atoms with van der Waals surface area (Å²) in [5, 5.41) is 0. The van der Waals surface area contributed by atoms with Crippen LogP contribution in [0.5, 0.6) is 0 Å². The second-order valence-corrected chi connectivity index (χ2v) is 7.34. The minimum atomic E-state index is -3.53. The fourth-order valence-electron chi connectivity index (χ4n) is 2.68. The Morgan fingerprint density at radius 2 is 2.00 bits per heavy atom. The van der Waals surface area contributed by atoms with Gasteiger partial charge in [-0.3, -0.25) is 0 Å². The molecule has 1 heterocycles. The summed E-state index contributed by atoms with van der Waals surface area (Å²) < 4.78 is 27.2. The SMILES string of the molecule is CN(C)C1(CNS(=O)(=O)c2ccc(N)nc2)CCCC1. The first-order chi connectivity index (χ1) is 9.36. The fourth-order valence-corrected chi connectivity index (χ4v) is 3.74. The molecule has 2 rings (SSSR count). The average molecular weight is 298 g/mol. The molecule has 3 N–H and O–H groups in total. The summed E-state index contributed by atoms with van der Waals surface area (Å²) in [7, 11) is 0.478. The number of hydrogen-bond donors (Lipinski definition) is 2. The number of pyridine rings is 1. The van der Waals surface area contributed by atoms with Crippen LogP contribution in [0.4, 0.5) is 5.82 Å². The van der Waals surface area contributed by atoms with Gasteiger partial charge in [-0.2, -0.15) is 0 Å². The van der Waals surface area contributed by atoms with Gasteiger partial charge in [-0.05, 0) is 39.1 Å². The van der Waals surface area contributed by atoms with Crippen molar-refractivity contribution < 1.29 is 8.42 Å². The quantitative estimate of drug-likeness (QED) is 0.840. The zero-order chi connectivity index (χ0) is 14.8. The molecule has 0 unspecified atom stereocenters. The summed E-state index contributed by atoms with van der Waals surface area (Å²) in [4.78, 5) is 6.11. The van der Waals surface area contributed by atoms with Gasteiger partial charge in [-0.1, -0.05) is 12.8 Å². The highest BCUT2D eigenvalue weighted by molar-refractivity contribution is 7.89. The van der Waals surface area contributed by atoms with Gasteiger partial charge >= 0.3 is 0 Å². The Bertz CT molecular complexity index is 548. The Hall–Kier alpha value is -1.18. The predicted octanol–water partition coefficient (Wildman–Crippen LogP) is 0.817. The number of hydrogen-bond acceptors (Lipinski definition) is 5. The van der Waals surface area contributed by atoms with Gasteiger partial charge < -0.3 is 10.6 Å². The van der Waals surface area contributed by atoms with Crippen molar-refractivity contribution in [3.05, 3.63) is 18.3 Å². The molecule has 0 amide bonds. The van der Waals surface area contributed by atoms with E-state index in [-0.39, 0.29) is 10.4 Å².